The standard InChI is InChI=1S/C13H24N6/c1-3-19-8-4-5-12(19)10-16-13(14-2)15-9-11-6-7-17-18-11/h6-7,12H,3-5,8-10H2,1-2H3,(H,17,18)(H2,14,15,16). The summed E-state index contributed by atoms with van der Waals surface area (Å²) in [6.45, 7) is 6.25. The van der Waals surface area contributed by atoms with Gasteiger partial charge in [0.15, 0.2) is 5.96 Å². The van der Waals surface area contributed by atoms with Gasteiger partial charge in [-0.05, 0) is 32.0 Å². The number of likely N-dealkylation sites (N-methyl/N-ethyl adjacent to an activating group) is 1. The maximum absolute atomic E-state index is 4.24. The molecule has 1 aliphatic heterocycles. The fourth-order valence-corrected chi connectivity index (χ4v) is 2.54. The van der Waals surface area contributed by atoms with E-state index in [1.165, 1.54) is 19.4 Å². The van der Waals surface area contributed by atoms with E-state index in [2.05, 4.69) is 37.6 Å². The van der Waals surface area contributed by atoms with Crippen molar-refractivity contribution in [3.05, 3.63) is 18.0 Å². The van der Waals surface area contributed by atoms with Crippen LogP contribution in [0.3, 0.4) is 0 Å². The highest BCUT2D eigenvalue weighted by molar-refractivity contribution is 5.79. The highest BCUT2D eigenvalue weighted by Gasteiger charge is 2.22. The Balaban J connectivity index is 1.73. The summed E-state index contributed by atoms with van der Waals surface area (Å²) in [4.78, 5) is 6.76. The minimum atomic E-state index is 0.635. The van der Waals surface area contributed by atoms with Crippen molar-refractivity contribution < 1.29 is 0 Å². The van der Waals surface area contributed by atoms with E-state index in [0.29, 0.717) is 12.6 Å². The van der Waals surface area contributed by atoms with Gasteiger partial charge in [0.05, 0.1) is 12.2 Å². The molecular weight excluding hydrogens is 240 g/mol. The van der Waals surface area contributed by atoms with E-state index in [4.69, 9.17) is 0 Å². The molecule has 1 unspecified atom stereocenters. The van der Waals surface area contributed by atoms with E-state index in [1.54, 1.807) is 13.2 Å². The second-order valence-electron chi connectivity index (χ2n) is 4.81. The molecule has 1 aliphatic rings. The molecule has 0 bridgehead atoms. The van der Waals surface area contributed by atoms with E-state index >= 15 is 0 Å². The third-order valence-electron chi connectivity index (χ3n) is 3.64. The lowest BCUT2D eigenvalue weighted by Gasteiger charge is -2.23. The Morgan fingerprint density at radius 3 is 3.16 bits per heavy atom. The molecule has 0 aromatic carbocycles. The molecule has 3 N–H and O–H groups in total. The monoisotopic (exact) mass is 264 g/mol. The first kappa shape index (κ1) is 13.9. The predicted molar refractivity (Wildman–Crippen MR) is 77.1 cm³/mol. The Labute approximate surface area is 114 Å². The molecule has 0 spiro atoms. The number of aromatic nitrogens is 2. The number of rotatable bonds is 5. The van der Waals surface area contributed by atoms with Crippen LogP contribution in [0, 0.1) is 0 Å². The minimum Gasteiger partial charge on any atom is -0.355 e. The number of hydrogen-bond acceptors (Lipinski definition) is 3. The lowest BCUT2D eigenvalue weighted by atomic mass is 10.2. The van der Waals surface area contributed by atoms with E-state index in [-0.39, 0.29) is 0 Å². The normalized spacial score (nSPS) is 20.7. The van der Waals surface area contributed by atoms with Crippen molar-refractivity contribution in [2.24, 2.45) is 4.99 Å². The lowest BCUT2D eigenvalue weighted by Crippen LogP contribution is -2.44. The molecular formula is C13H24N6. The summed E-state index contributed by atoms with van der Waals surface area (Å²) in [5.74, 6) is 0.845. The molecule has 1 fully saturated rings. The zero-order chi connectivity index (χ0) is 13.5. The van der Waals surface area contributed by atoms with E-state index in [1.807, 2.05) is 6.07 Å². The molecule has 0 saturated carbocycles. The molecule has 1 aromatic rings. The highest BCUT2D eigenvalue weighted by atomic mass is 15.2. The van der Waals surface area contributed by atoms with Crippen LogP contribution >= 0.6 is 0 Å². The maximum atomic E-state index is 4.24. The molecule has 2 heterocycles. The molecule has 1 atom stereocenters. The molecule has 6 heteroatoms. The fraction of sp³-hybridized carbons (Fsp3) is 0.692. The number of aliphatic imine (C=N–C) groups is 1. The third kappa shape index (κ3) is 3.96. The molecule has 1 saturated heterocycles. The summed E-state index contributed by atoms with van der Waals surface area (Å²) in [5.41, 5.74) is 1.05. The zero-order valence-corrected chi connectivity index (χ0v) is 11.8. The van der Waals surface area contributed by atoms with Gasteiger partial charge in [0, 0.05) is 25.8 Å². The number of nitrogens with one attached hydrogen (secondary N) is 3. The fourth-order valence-electron chi connectivity index (χ4n) is 2.54. The van der Waals surface area contributed by atoms with Gasteiger partial charge in [-0.15, -0.1) is 0 Å². The van der Waals surface area contributed by atoms with Gasteiger partial charge in [-0.25, -0.2) is 0 Å². The van der Waals surface area contributed by atoms with Crippen LogP contribution < -0.4 is 10.6 Å². The van der Waals surface area contributed by atoms with Crippen LogP contribution in [0.25, 0.3) is 0 Å². The highest BCUT2D eigenvalue weighted by Crippen LogP contribution is 2.15. The van der Waals surface area contributed by atoms with E-state index in [9.17, 15) is 0 Å². The Morgan fingerprint density at radius 1 is 1.58 bits per heavy atom. The molecule has 6 nitrogen and oxygen atoms in total. The first-order chi connectivity index (χ1) is 9.33. The average molecular weight is 264 g/mol. The number of guanidine groups is 1. The molecule has 1 aromatic heterocycles. The summed E-state index contributed by atoms with van der Waals surface area (Å²) in [6.07, 6.45) is 4.34. The van der Waals surface area contributed by atoms with Gasteiger partial charge >= 0.3 is 0 Å². The number of aromatic amines is 1. The molecule has 2 rings (SSSR count). The van der Waals surface area contributed by atoms with Crippen molar-refractivity contribution in [3.63, 3.8) is 0 Å². The summed E-state index contributed by atoms with van der Waals surface area (Å²) in [7, 11) is 1.80. The van der Waals surface area contributed by atoms with Gasteiger partial charge in [-0.3, -0.25) is 15.0 Å². The van der Waals surface area contributed by atoms with Gasteiger partial charge in [0.2, 0.25) is 0 Å². The van der Waals surface area contributed by atoms with Gasteiger partial charge in [0.1, 0.15) is 0 Å². The summed E-state index contributed by atoms with van der Waals surface area (Å²) >= 11 is 0. The lowest BCUT2D eigenvalue weighted by molar-refractivity contribution is 0.267. The first-order valence-electron chi connectivity index (χ1n) is 7.00. The van der Waals surface area contributed by atoms with Crippen molar-refractivity contribution in [2.75, 3.05) is 26.7 Å². The maximum Gasteiger partial charge on any atom is 0.191 e. The number of likely N-dealkylation sites (tertiary alicyclic amines) is 1. The average Bonchev–Trinajstić information content (AvgIpc) is 3.09. The zero-order valence-electron chi connectivity index (χ0n) is 11.8. The quantitative estimate of drug-likeness (QED) is 0.537. The third-order valence-corrected chi connectivity index (χ3v) is 3.64. The second-order valence-corrected chi connectivity index (χ2v) is 4.81. The van der Waals surface area contributed by atoms with Gasteiger partial charge in [-0.1, -0.05) is 6.92 Å². The minimum absolute atomic E-state index is 0.635. The SMILES string of the molecule is CCN1CCCC1CNC(=NC)NCc1ccn[nH]1. The topological polar surface area (TPSA) is 68.3 Å². The van der Waals surface area contributed by atoms with Crippen LogP contribution in [0.15, 0.2) is 17.3 Å². The smallest absolute Gasteiger partial charge is 0.191 e. The van der Waals surface area contributed by atoms with Crippen molar-refractivity contribution in [1.82, 2.24) is 25.7 Å². The second kappa shape index (κ2) is 7.13. The van der Waals surface area contributed by atoms with Crippen molar-refractivity contribution in [3.8, 4) is 0 Å². The summed E-state index contributed by atoms with van der Waals surface area (Å²) < 4.78 is 0. The van der Waals surface area contributed by atoms with Crippen LogP contribution in [-0.4, -0.2) is 53.8 Å². The van der Waals surface area contributed by atoms with Crippen LogP contribution in [0.2, 0.25) is 0 Å². The predicted octanol–water partition coefficient (Wildman–Crippen LogP) is 0.559. The van der Waals surface area contributed by atoms with E-state index < -0.39 is 0 Å². The number of hydrogen-bond donors (Lipinski definition) is 3. The van der Waals surface area contributed by atoms with Crippen LogP contribution in [0.5, 0.6) is 0 Å². The van der Waals surface area contributed by atoms with Crippen molar-refractivity contribution in [2.45, 2.75) is 32.4 Å². The van der Waals surface area contributed by atoms with Crippen molar-refractivity contribution >= 4 is 5.96 Å². The Kier molecular flexibility index (Phi) is 5.20. The number of nitrogens with zero attached hydrogens (tertiary/aromatic N) is 3. The van der Waals surface area contributed by atoms with Gasteiger partial charge < -0.3 is 10.6 Å². The first-order valence-corrected chi connectivity index (χ1v) is 7.00. The van der Waals surface area contributed by atoms with Gasteiger partial charge in [0.25, 0.3) is 0 Å². The van der Waals surface area contributed by atoms with E-state index in [0.717, 1.165) is 24.7 Å². The Morgan fingerprint density at radius 2 is 2.47 bits per heavy atom. The molecule has 19 heavy (non-hydrogen) atoms. The van der Waals surface area contributed by atoms with Gasteiger partial charge in [-0.2, -0.15) is 5.10 Å². The largest absolute Gasteiger partial charge is 0.355 e. The Bertz CT molecular complexity index is 386. The van der Waals surface area contributed by atoms with Crippen LogP contribution in [0.1, 0.15) is 25.5 Å². The molecule has 0 radical (unpaired) electrons. The molecule has 106 valence electrons. The Hall–Kier alpha value is -1.56. The summed E-state index contributed by atoms with van der Waals surface area (Å²) in [5, 5.41) is 13.5. The number of H-pyrrole nitrogens is 1. The van der Waals surface area contributed by atoms with Crippen LogP contribution in [0.4, 0.5) is 0 Å². The van der Waals surface area contributed by atoms with Crippen molar-refractivity contribution in [1.29, 1.82) is 0 Å². The molecule has 0 amide bonds. The summed E-state index contributed by atoms with van der Waals surface area (Å²) in [6, 6.07) is 2.59. The molecule has 0 aliphatic carbocycles. The van der Waals surface area contributed by atoms with Crippen LogP contribution in [-0.2, 0) is 6.54 Å².